The number of carbonyl (C=O) groups excluding carboxylic acids is 2. The monoisotopic (exact) mass is 438 g/mol. The Morgan fingerprint density at radius 1 is 1.21 bits per heavy atom. The summed E-state index contributed by atoms with van der Waals surface area (Å²) >= 11 is 5.86. The summed E-state index contributed by atoms with van der Waals surface area (Å²) in [5.41, 5.74) is 1.51. The van der Waals surface area contributed by atoms with E-state index in [1.165, 1.54) is 28.6 Å². The third-order valence-electron chi connectivity index (χ3n) is 4.87. The number of hydrogen-bond acceptors (Lipinski definition) is 5. The number of halogens is 1. The molecule has 0 unspecified atom stereocenters. The van der Waals surface area contributed by atoms with Crippen molar-refractivity contribution in [3.8, 4) is 0 Å². The van der Waals surface area contributed by atoms with E-state index in [2.05, 4.69) is 4.98 Å². The molecule has 7 nitrogen and oxygen atoms in total. The first-order valence-electron chi connectivity index (χ1n) is 9.33. The number of sulfonamides is 1. The minimum Gasteiger partial charge on any atom is -0.461 e. The number of nitrogens with zero attached hydrogens (tertiary/aromatic N) is 1. The minimum atomic E-state index is -3.85. The van der Waals surface area contributed by atoms with Crippen LogP contribution >= 0.6 is 11.6 Å². The normalized spacial score (nSPS) is 14.2. The topological polar surface area (TPSA) is 96.5 Å². The standard InChI is InChI=1S/C20H23ClN2O5S/c1-4-28-20(25)19-12(2)18(13(3)22-19)17(24)11-23(15-7-8-15)29(26,27)16-9-5-14(21)6-10-16/h5-6,9-10,15,22H,4,7-8,11H2,1-3H3. The molecule has 0 spiro atoms. The van der Waals surface area contributed by atoms with Crippen LogP contribution < -0.4 is 0 Å². The average molecular weight is 439 g/mol. The number of esters is 1. The van der Waals surface area contributed by atoms with Gasteiger partial charge >= 0.3 is 5.97 Å². The van der Waals surface area contributed by atoms with E-state index in [1.54, 1.807) is 20.8 Å². The fourth-order valence-electron chi connectivity index (χ4n) is 3.31. The summed E-state index contributed by atoms with van der Waals surface area (Å²) in [7, 11) is -3.85. The zero-order valence-corrected chi connectivity index (χ0v) is 18.1. The molecule has 0 radical (unpaired) electrons. The molecule has 1 saturated carbocycles. The molecule has 0 bridgehead atoms. The van der Waals surface area contributed by atoms with Crippen molar-refractivity contribution in [2.24, 2.45) is 0 Å². The van der Waals surface area contributed by atoms with Crippen LogP contribution in [0.1, 0.15) is 51.9 Å². The summed E-state index contributed by atoms with van der Waals surface area (Å²) in [6, 6.07) is 5.68. The summed E-state index contributed by atoms with van der Waals surface area (Å²) in [5.74, 6) is -0.906. The van der Waals surface area contributed by atoms with E-state index >= 15 is 0 Å². The Kier molecular flexibility index (Phi) is 6.16. The quantitative estimate of drug-likeness (QED) is 0.502. The number of benzene rings is 1. The number of Topliss-reactive ketones (excluding diaryl/α,β-unsaturated/α-hetero) is 1. The van der Waals surface area contributed by atoms with Gasteiger partial charge in [0, 0.05) is 22.3 Å². The van der Waals surface area contributed by atoms with Gasteiger partial charge in [-0.15, -0.1) is 0 Å². The van der Waals surface area contributed by atoms with E-state index in [-0.39, 0.29) is 35.6 Å². The van der Waals surface area contributed by atoms with E-state index in [0.717, 1.165) is 0 Å². The number of H-pyrrole nitrogens is 1. The lowest BCUT2D eigenvalue weighted by atomic mass is 10.1. The predicted molar refractivity (Wildman–Crippen MR) is 109 cm³/mol. The van der Waals surface area contributed by atoms with Crippen LogP contribution in [-0.4, -0.2) is 48.7 Å². The number of carbonyl (C=O) groups is 2. The Morgan fingerprint density at radius 2 is 1.83 bits per heavy atom. The van der Waals surface area contributed by atoms with Crippen LogP contribution in [0.5, 0.6) is 0 Å². The third kappa shape index (κ3) is 4.39. The fourth-order valence-corrected chi connectivity index (χ4v) is 5.08. The lowest BCUT2D eigenvalue weighted by molar-refractivity contribution is 0.0519. The second-order valence-electron chi connectivity index (χ2n) is 7.00. The molecule has 0 saturated heterocycles. The number of rotatable bonds is 8. The second-order valence-corrected chi connectivity index (χ2v) is 9.33. The van der Waals surface area contributed by atoms with Gasteiger partial charge in [-0.25, -0.2) is 13.2 Å². The number of hydrogen-bond donors (Lipinski definition) is 1. The third-order valence-corrected chi connectivity index (χ3v) is 7.03. The highest BCUT2D eigenvalue weighted by Crippen LogP contribution is 2.33. The van der Waals surface area contributed by atoms with Crippen LogP contribution in [0.4, 0.5) is 0 Å². The summed E-state index contributed by atoms with van der Waals surface area (Å²) in [6.45, 7) is 4.95. The average Bonchev–Trinajstić information content (AvgIpc) is 3.44. The highest BCUT2D eigenvalue weighted by Gasteiger charge is 2.40. The van der Waals surface area contributed by atoms with Crippen molar-refractivity contribution in [3.05, 3.63) is 51.8 Å². The first kappa shape index (κ1) is 21.5. The van der Waals surface area contributed by atoms with Crippen LogP contribution in [0.15, 0.2) is 29.2 Å². The molecule has 0 atom stereocenters. The van der Waals surface area contributed by atoms with Crippen molar-refractivity contribution in [1.82, 2.24) is 9.29 Å². The van der Waals surface area contributed by atoms with E-state index < -0.39 is 16.0 Å². The van der Waals surface area contributed by atoms with Gasteiger partial charge in [0.1, 0.15) is 5.69 Å². The molecule has 3 rings (SSSR count). The lowest BCUT2D eigenvalue weighted by Crippen LogP contribution is -2.37. The largest absolute Gasteiger partial charge is 0.461 e. The zero-order valence-electron chi connectivity index (χ0n) is 16.5. The number of aromatic nitrogens is 1. The van der Waals surface area contributed by atoms with Crippen LogP contribution in [0, 0.1) is 13.8 Å². The van der Waals surface area contributed by atoms with Crippen molar-refractivity contribution in [3.63, 3.8) is 0 Å². The Labute approximate surface area is 175 Å². The minimum absolute atomic E-state index is 0.0938. The smallest absolute Gasteiger partial charge is 0.355 e. The van der Waals surface area contributed by atoms with E-state index in [9.17, 15) is 18.0 Å². The number of ketones is 1. The molecule has 1 fully saturated rings. The van der Waals surface area contributed by atoms with Crippen molar-refractivity contribution < 1.29 is 22.7 Å². The van der Waals surface area contributed by atoms with Crippen molar-refractivity contribution >= 4 is 33.4 Å². The highest BCUT2D eigenvalue weighted by atomic mass is 35.5. The number of aromatic amines is 1. The van der Waals surface area contributed by atoms with E-state index in [0.29, 0.717) is 34.7 Å². The van der Waals surface area contributed by atoms with E-state index in [4.69, 9.17) is 16.3 Å². The number of ether oxygens (including phenoxy) is 1. The lowest BCUT2D eigenvalue weighted by Gasteiger charge is -2.21. The maximum Gasteiger partial charge on any atom is 0.355 e. The molecule has 2 aromatic rings. The molecule has 1 aliphatic rings. The van der Waals surface area contributed by atoms with Gasteiger partial charge in [0.05, 0.1) is 18.0 Å². The molecule has 1 heterocycles. The second kappa shape index (κ2) is 8.30. The van der Waals surface area contributed by atoms with E-state index in [1.807, 2.05) is 0 Å². The molecule has 1 aromatic heterocycles. The van der Waals surface area contributed by atoms with Gasteiger partial charge in [-0.1, -0.05) is 11.6 Å². The van der Waals surface area contributed by atoms with Crippen LogP contribution in [0.3, 0.4) is 0 Å². The molecular weight excluding hydrogens is 416 g/mol. The van der Waals surface area contributed by atoms with Gasteiger partial charge in [-0.3, -0.25) is 4.79 Å². The van der Waals surface area contributed by atoms with Gasteiger partial charge in [0.15, 0.2) is 5.78 Å². The molecule has 0 amide bonds. The highest BCUT2D eigenvalue weighted by molar-refractivity contribution is 7.89. The Hall–Kier alpha value is -2.16. The predicted octanol–water partition coefficient (Wildman–Crippen LogP) is 3.50. The van der Waals surface area contributed by atoms with Gasteiger partial charge in [-0.2, -0.15) is 4.31 Å². The molecule has 9 heteroatoms. The Balaban J connectivity index is 1.90. The van der Waals surface area contributed by atoms with Crippen LogP contribution in [0.2, 0.25) is 5.02 Å². The maximum absolute atomic E-state index is 13.1. The maximum atomic E-state index is 13.1. The molecular formula is C20H23ClN2O5S. The first-order valence-corrected chi connectivity index (χ1v) is 11.2. The zero-order chi connectivity index (χ0) is 21.3. The molecule has 1 N–H and O–H groups in total. The van der Waals surface area contributed by atoms with Crippen LogP contribution in [0.25, 0.3) is 0 Å². The van der Waals surface area contributed by atoms with Crippen molar-refractivity contribution in [1.29, 1.82) is 0 Å². The molecule has 1 aliphatic carbocycles. The van der Waals surface area contributed by atoms with Gasteiger partial charge in [-0.05, 0) is 63.4 Å². The van der Waals surface area contributed by atoms with Gasteiger partial charge in [0.2, 0.25) is 10.0 Å². The Bertz CT molecular complexity index is 1040. The van der Waals surface area contributed by atoms with Crippen molar-refractivity contribution in [2.45, 2.75) is 44.6 Å². The fraction of sp³-hybridized carbons (Fsp3) is 0.400. The van der Waals surface area contributed by atoms with Crippen molar-refractivity contribution in [2.75, 3.05) is 13.2 Å². The summed E-state index contributed by atoms with van der Waals surface area (Å²) in [4.78, 5) is 28.1. The van der Waals surface area contributed by atoms with Gasteiger partial charge in [0.25, 0.3) is 0 Å². The van der Waals surface area contributed by atoms with Crippen LogP contribution in [-0.2, 0) is 14.8 Å². The number of nitrogens with one attached hydrogen (secondary N) is 1. The SMILES string of the molecule is CCOC(=O)c1[nH]c(C)c(C(=O)CN(C2CC2)S(=O)(=O)c2ccc(Cl)cc2)c1C. The Morgan fingerprint density at radius 3 is 2.38 bits per heavy atom. The summed E-state index contributed by atoms with van der Waals surface area (Å²) in [5, 5.41) is 0.433. The van der Waals surface area contributed by atoms with Gasteiger partial charge < -0.3 is 9.72 Å². The molecule has 1 aromatic carbocycles. The molecule has 156 valence electrons. The molecule has 29 heavy (non-hydrogen) atoms. The molecule has 0 aliphatic heterocycles. The first-order chi connectivity index (χ1) is 13.7. The summed E-state index contributed by atoms with van der Waals surface area (Å²) < 4.78 is 32.5. The number of aryl methyl sites for hydroxylation is 1. The summed E-state index contributed by atoms with van der Waals surface area (Å²) in [6.07, 6.45) is 1.42.